The summed E-state index contributed by atoms with van der Waals surface area (Å²) in [5, 5.41) is 0. The van der Waals surface area contributed by atoms with Gasteiger partial charge in [0.05, 0.1) is 12.7 Å². The van der Waals surface area contributed by atoms with E-state index in [4.69, 9.17) is 11.5 Å². The summed E-state index contributed by atoms with van der Waals surface area (Å²) in [6.45, 7) is 0. The molecule has 6 nitrogen and oxygen atoms in total. The van der Waals surface area contributed by atoms with E-state index < -0.39 is 17.9 Å². The molecule has 1 rings (SSSR count). The zero-order valence-corrected chi connectivity index (χ0v) is 8.84. The van der Waals surface area contributed by atoms with Crippen molar-refractivity contribution in [2.24, 2.45) is 11.5 Å². The number of nitrogens with two attached hydrogens (primary N) is 2. The van der Waals surface area contributed by atoms with Crippen molar-refractivity contribution < 1.29 is 14.3 Å². The molecule has 16 heavy (non-hydrogen) atoms. The summed E-state index contributed by atoms with van der Waals surface area (Å²) in [7, 11) is 1.26. The van der Waals surface area contributed by atoms with Gasteiger partial charge in [-0.2, -0.15) is 0 Å². The number of pyridine rings is 1. The van der Waals surface area contributed by atoms with Crippen molar-refractivity contribution in [2.45, 2.75) is 12.5 Å². The van der Waals surface area contributed by atoms with Gasteiger partial charge in [-0.3, -0.25) is 14.6 Å². The first-order chi connectivity index (χ1) is 7.54. The molecule has 1 heterocycles. The van der Waals surface area contributed by atoms with E-state index in [0.29, 0.717) is 5.56 Å². The molecule has 0 bridgehead atoms. The number of carbonyl (C=O) groups excluding carboxylic acids is 2. The molecule has 4 N–H and O–H groups in total. The number of methoxy groups -OCH3 is 1. The van der Waals surface area contributed by atoms with Crippen molar-refractivity contribution in [1.29, 1.82) is 0 Å². The van der Waals surface area contributed by atoms with E-state index in [0.717, 1.165) is 0 Å². The average molecular weight is 223 g/mol. The third-order valence-electron chi connectivity index (χ3n) is 2.04. The smallest absolute Gasteiger partial charge is 0.322 e. The zero-order chi connectivity index (χ0) is 12.1. The summed E-state index contributed by atoms with van der Waals surface area (Å²) in [5.74, 6) is -1.08. The van der Waals surface area contributed by atoms with Crippen LogP contribution in [0.5, 0.6) is 0 Å². The highest BCUT2D eigenvalue weighted by molar-refractivity contribution is 5.92. The third-order valence-corrected chi connectivity index (χ3v) is 2.04. The second-order valence-electron chi connectivity index (χ2n) is 3.28. The molecule has 0 aliphatic rings. The number of rotatable bonds is 4. The molecule has 1 aromatic rings. The molecule has 0 saturated carbocycles. The lowest BCUT2D eigenvalue weighted by Gasteiger charge is -2.09. The van der Waals surface area contributed by atoms with Gasteiger partial charge in [-0.05, 0) is 18.1 Å². The molecule has 6 heteroatoms. The Morgan fingerprint density at radius 3 is 2.75 bits per heavy atom. The van der Waals surface area contributed by atoms with Crippen LogP contribution >= 0.6 is 0 Å². The number of carbonyl (C=O) groups is 2. The summed E-state index contributed by atoms with van der Waals surface area (Å²) >= 11 is 0. The van der Waals surface area contributed by atoms with Gasteiger partial charge >= 0.3 is 5.97 Å². The normalized spacial score (nSPS) is 11.9. The number of hydrogen-bond acceptors (Lipinski definition) is 5. The van der Waals surface area contributed by atoms with Crippen molar-refractivity contribution in [3.63, 3.8) is 0 Å². The first-order valence-corrected chi connectivity index (χ1v) is 4.61. The van der Waals surface area contributed by atoms with E-state index in [1.54, 1.807) is 6.07 Å². The maximum absolute atomic E-state index is 11.1. The standard InChI is InChI=1S/C10H13N3O3/c1-16-10(15)8(11)3-6-2-7(9(12)14)5-13-4-6/h2,4-5,8H,3,11H2,1H3,(H2,12,14)/t8-/m1/s1. The van der Waals surface area contributed by atoms with Crippen LogP contribution in [-0.4, -0.2) is 30.0 Å². The lowest BCUT2D eigenvalue weighted by atomic mass is 10.1. The molecule has 0 spiro atoms. The summed E-state index contributed by atoms with van der Waals surface area (Å²) in [4.78, 5) is 25.8. The first kappa shape index (κ1) is 12.1. The molecule has 1 amide bonds. The zero-order valence-electron chi connectivity index (χ0n) is 8.84. The second kappa shape index (κ2) is 5.22. The summed E-state index contributed by atoms with van der Waals surface area (Å²) in [6, 6.07) is 0.785. The molecule has 1 aromatic heterocycles. The van der Waals surface area contributed by atoms with Gasteiger partial charge in [0.1, 0.15) is 6.04 Å². The van der Waals surface area contributed by atoms with Gasteiger partial charge in [0, 0.05) is 12.4 Å². The van der Waals surface area contributed by atoms with Crippen LogP contribution in [0.3, 0.4) is 0 Å². The number of primary amides is 1. The van der Waals surface area contributed by atoms with E-state index in [9.17, 15) is 9.59 Å². The Morgan fingerprint density at radius 1 is 1.50 bits per heavy atom. The van der Waals surface area contributed by atoms with Crippen molar-refractivity contribution >= 4 is 11.9 Å². The van der Waals surface area contributed by atoms with E-state index >= 15 is 0 Å². The van der Waals surface area contributed by atoms with Crippen LogP contribution in [0.25, 0.3) is 0 Å². The maximum Gasteiger partial charge on any atom is 0.322 e. The second-order valence-corrected chi connectivity index (χ2v) is 3.28. The molecule has 1 atom stereocenters. The van der Waals surface area contributed by atoms with E-state index in [2.05, 4.69) is 9.72 Å². The molecule has 0 aliphatic heterocycles. The molecule has 0 saturated heterocycles. The molecular formula is C10H13N3O3. The molecule has 0 fully saturated rings. The topological polar surface area (TPSA) is 108 Å². The minimum atomic E-state index is -0.769. The number of aromatic nitrogens is 1. The Morgan fingerprint density at radius 2 is 2.19 bits per heavy atom. The SMILES string of the molecule is COC(=O)[C@H](N)Cc1cncc(C(N)=O)c1. The van der Waals surface area contributed by atoms with Gasteiger partial charge in [0.25, 0.3) is 0 Å². The van der Waals surface area contributed by atoms with Gasteiger partial charge in [0.15, 0.2) is 0 Å². The van der Waals surface area contributed by atoms with Gasteiger partial charge in [-0.25, -0.2) is 0 Å². The largest absolute Gasteiger partial charge is 0.468 e. The Kier molecular flexibility index (Phi) is 3.96. The maximum atomic E-state index is 11.1. The Labute approximate surface area is 92.6 Å². The number of esters is 1. The monoisotopic (exact) mass is 223 g/mol. The fourth-order valence-electron chi connectivity index (χ4n) is 1.22. The summed E-state index contributed by atoms with van der Waals surface area (Å²) < 4.78 is 4.49. The quantitative estimate of drug-likeness (QED) is 0.651. The highest BCUT2D eigenvalue weighted by Gasteiger charge is 2.15. The summed E-state index contributed by atoms with van der Waals surface area (Å²) in [6.07, 6.45) is 3.13. The van der Waals surface area contributed by atoms with Crippen LogP contribution in [0.1, 0.15) is 15.9 Å². The minimum Gasteiger partial charge on any atom is -0.468 e. The lowest BCUT2D eigenvalue weighted by Crippen LogP contribution is -2.33. The van der Waals surface area contributed by atoms with Crippen LogP contribution in [0, 0.1) is 0 Å². The highest BCUT2D eigenvalue weighted by atomic mass is 16.5. The number of hydrogen-bond donors (Lipinski definition) is 2. The molecule has 86 valence electrons. The lowest BCUT2D eigenvalue weighted by molar-refractivity contribution is -0.142. The van der Waals surface area contributed by atoms with Crippen molar-refractivity contribution in [3.05, 3.63) is 29.6 Å². The van der Waals surface area contributed by atoms with Crippen molar-refractivity contribution in [1.82, 2.24) is 4.98 Å². The molecular weight excluding hydrogens is 210 g/mol. The van der Waals surface area contributed by atoms with E-state index in [-0.39, 0.29) is 12.0 Å². The molecule has 0 radical (unpaired) electrons. The highest BCUT2D eigenvalue weighted by Crippen LogP contribution is 2.05. The Bertz CT molecular complexity index is 406. The van der Waals surface area contributed by atoms with Crippen LogP contribution in [0.4, 0.5) is 0 Å². The van der Waals surface area contributed by atoms with Crippen LogP contribution in [0.2, 0.25) is 0 Å². The van der Waals surface area contributed by atoms with E-state index in [1.165, 1.54) is 19.5 Å². The number of amides is 1. The molecule has 0 unspecified atom stereocenters. The summed E-state index contributed by atoms with van der Waals surface area (Å²) in [5.41, 5.74) is 11.6. The van der Waals surface area contributed by atoms with Gasteiger partial charge in [0.2, 0.25) is 5.91 Å². The van der Waals surface area contributed by atoms with E-state index in [1.807, 2.05) is 0 Å². The van der Waals surface area contributed by atoms with Crippen molar-refractivity contribution in [2.75, 3.05) is 7.11 Å². The minimum absolute atomic E-state index is 0.251. The fourth-order valence-corrected chi connectivity index (χ4v) is 1.22. The molecule has 0 aliphatic carbocycles. The predicted octanol–water partition coefficient (Wildman–Crippen LogP) is -0.777. The van der Waals surface area contributed by atoms with Crippen LogP contribution in [0.15, 0.2) is 18.5 Å². The fraction of sp³-hybridized carbons (Fsp3) is 0.300. The Hall–Kier alpha value is -1.95. The van der Waals surface area contributed by atoms with Crippen molar-refractivity contribution in [3.8, 4) is 0 Å². The first-order valence-electron chi connectivity index (χ1n) is 4.61. The van der Waals surface area contributed by atoms with Gasteiger partial charge < -0.3 is 16.2 Å². The van der Waals surface area contributed by atoms with Crippen LogP contribution in [-0.2, 0) is 16.0 Å². The van der Waals surface area contributed by atoms with Gasteiger partial charge in [-0.15, -0.1) is 0 Å². The number of ether oxygens (including phenoxy) is 1. The Balaban J connectivity index is 2.78. The predicted molar refractivity (Wildman–Crippen MR) is 56.5 cm³/mol. The van der Waals surface area contributed by atoms with Crippen LogP contribution < -0.4 is 11.5 Å². The number of nitrogens with zero attached hydrogens (tertiary/aromatic N) is 1. The average Bonchev–Trinajstić information content (AvgIpc) is 2.28. The molecule has 0 aromatic carbocycles. The van der Waals surface area contributed by atoms with Gasteiger partial charge in [-0.1, -0.05) is 0 Å². The third kappa shape index (κ3) is 3.03.